The monoisotopic (exact) mass is 408 g/mol. The Balaban J connectivity index is 1.55. The summed E-state index contributed by atoms with van der Waals surface area (Å²) in [7, 11) is 1.65. The van der Waals surface area contributed by atoms with Gasteiger partial charge in [0, 0.05) is 11.1 Å². The zero-order valence-corrected chi connectivity index (χ0v) is 16.4. The van der Waals surface area contributed by atoms with Crippen molar-refractivity contribution in [1.29, 1.82) is 0 Å². The third kappa shape index (κ3) is 3.12. The smallest absolute Gasteiger partial charge is 0.196 e. The van der Waals surface area contributed by atoms with Crippen molar-refractivity contribution in [2.75, 3.05) is 7.11 Å². The average molecular weight is 409 g/mol. The highest BCUT2D eigenvalue weighted by molar-refractivity contribution is 6.30. The molecule has 3 aromatic carbocycles. The second-order valence-electron chi connectivity index (χ2n) is 6.95. The number of ether oxygens (including phenoxy) is 2. The molecule has 0 aliphatic carbocycles. The van der Waals surface area contributed by atoms with E-state index in [1.54, 1.807) is 19.2 Å². The van der Waals surface area contributed by atoms with Gasteiger partial charge in [0.25, 0.3) is 0 Å². The summed E-state index contributed by atoms with van der Waals surface area (Å²) in [5, 5.41) is 2.08. The van der Waals surface area contributed by atoms with E-state index >= 15 is 0 Å². The molecule has 0 saturated carbocycles. The molecule has 0 spiro atoms. The number of rotatable bonds is 3. The lowest BCUT2D eigenvalue weighted by molar-refractivity contribution is -0.0328. The number of methoxy groups -OCH3 is 1. The maximum atomic E-state index is 14.1. The quantitative estimate of drug-likeness (QED) is 0.622. The van der Waals surface area contributed by atoms with Crippen LogP contribution >= 0.6 is 11.6 Å². The molecule has 29 heavy (non-hydrogen) atoms. The number of hydrazine groups is 1. The lowest BCUT2D eigenvalue weighted by Crippen LogP contribution is -2.43. The summed E-state index contributed by atoms with van der Waals surface area (Å²) in [4.78, 5) is 0. The molecule has 0 unspecified atom stereocenters. The molecule has 2 aliphatic rings. The summed E-state index contributed by atoms with van der Waals surface area (Å²) in [6.07, 6.45) is 1.65. The summed E-state index contributed by atoms with van der Waals surface area (Å²) in [5.41, 5.74) is 7.16. The van der Waals surface area contributed by atoms with Crippen LogP contribution < -0.4 is 14.9 Å². The van der Waals surface area contributed by atoms with Crippen molar-refractivity contribution >= 4 is 17.3 Å². The second kappa shape index (κ2) is 7.10. The zero-order chi connectivity index (χ0) is 20.0. The van der Waals surface area contributed by atoms with Crippen molar-refractivity contribution in [2.24, 2.45) is 0 Å². The number of hydrogen-bond donors (Lipinski definition) is 1. The minimum atomic E-state index is -0.506. The predicted octanol–water partition coefficient (Wildman–Crippen LogP) is 5.48. The van der Waals surface area contributed by atoms with Gasteiger partial charge in [-0.05, 0) is 54.1 Å². The van der Waals surface area contributed by atoms with Crippen LogP contribution in [0.25, 0.3) is 5.70 Å². The van der Waals surface area contributed by atoms with Crippen LogP contribution in [0.3, 0.4) is 0 Å². The Labute approximate surface area is 173 Å². The summed E-state index contributed by atoms with van der Waals surface area (Å²) in [6, 6.07) is 20.5. The highest BCUT2D eigenvalue weighted by Crippen LogP contribution is 2.46. The molecule has 0 bridgehead atoms. The minimum absolute atomic E-state index is 0.0548. The summed E-state index contributed by atoms with van der Waals surface area (Å²) in [5.74, 6) is 1.11. The Bertz CT molecular complexity index is 1100. The molecule has 1 N–H and O–H groups in total. The maximum Gasteiger partial charge on any atom is 0.196 e. The molecule has 0 fully saturated rings. The van der Waals surface area contributed by atoms with Gasteiger partial charge in [0.05, 0.1) is 23.9 Å². The van der Waals surface area contributed by atoms with Gasteiger partial charge in [-0.2, -0.15) is 5.01 Å². The van der Waals surface area contributed by atoms with Crippen molar-refractivity contribution in [1.82, 2.24) is 10.4 Å². The van der Waals surface area contributed by atoms with Crippen LogP contribution in [0.5, 0.6) is 11.5 Å². The Morgan fingerprint density at radius 1 is 1.07 bits per heavy atom. The van der Waals surface area contributed by atoms with Crippen molar-refractivity contribution < 1.29 is 13.9 Å². The van der Waals surface area contributed by atoms with Crippen molar-refractivity contribution in [3.63, 3.8) is 0 Å². The van der Waals surface area contributed by atoms with Crippen LogP contribution in [-0.4, -0.2) is 12.1 Å². The summed E-state index contributed by atoms with van der Waals surface area (Å²) < 4.78 is 25.6. The molecular weight excluding hydrogens is 391 g/mol. The topological polar surface area (TPSA) is 33.7 Å². The Morgan fingerprint density at radius 3 is 2.62 bits per heavy atom. The van der Waals surface area contributed by atoms with Crippen molar-refractivity contribution in [2.45, 2.75) is 12.3 Å². The van der Waals surface area contributed by atoms with E-state index in [1.807, 2.05) is 53.5 Å². The van der Waals surface area contributed by atoms with Gasteiger partial charge in [0.1, 0.15) is 17.3 Å². The molecule has 146 valence electrons. The zero-order valence-electron chi connectivity index (χ0n) is 15.6. The molecule has 5 rings (SSSR count). The van der Waals surface area contributed by atoms with Gasteiger partial charge in [-0.1, -0.05) is 35.9 Å². The number of fused-ring (bicyclic) bond motifs is 3. The molecule has 2 heterocycles. The molecule has 2 aliphatic heterocycles. The molecular formula is C23H18ClFN2O2. The molecule has 2 atom stereocenters. The minimum Gasteiger partial charge on any atom is -0.497 e. The third-order valence-electron chi connectivity index (χ3n) is 5.23. The van der Waals surface area contributed by atoms with Crippen LogP contribution in [0.4, 0.5) is 4.39 Å². The molecule has 3 aromatic rings. The normalized spacial score (nSPS) is 20.2. The van der Waals surface area contributed by atoms with E-state index in [0.717, 1.165) is 28.3 Å². The lowest BCUT2D eigenvalue weighted by atomic mass is 10.0. The van der Waals surface area contributed by atoms with Crippen LogP contribution in [0, 0.1) is 5.82 Å². The van der Waals surface area contributed by atoms with Gasteiger partial charge in [-0.3, -0.25) is 0 Å². The Hall–Kier alpha value is -3.02. The SMILES string of the molecule is COc1ccc(C2=C[C@@H]3c4ccccc4O[C@H](c4ccc(Cl)c(F)c4)N3N2)cc1. The lowest BCUT2D eigenvalue weighted by Gasteiger charge is -2.39. The fourth-order valence-corrected chi connectivity index (χ4v) is 3.88. The van der Waals surface area contributed by atoms with Gasteiger partial charge >= 0.3 is 0 Å². The summed E-state index contributed by atoms with van der Waals surface area (Å²) in [6.45, 7) is 0. The largest absolute Gasteiger partial charge is 0.497 e. The number of nitrogens with zero attached hydrogens (tertiary/aromatic N) is 1. The van der Waals surface area contributed by atoms with E-state index in [1.165, 1.54) is 6.07 Å². The highest BCUT2D eigenvalue weighted by Gasteiger charge is 2.40. The van der Waals surface area contributed by atoms with Gasteiger partial charge < -0.3 is 14.9 Å². The predicted molar refractivity (Wildman–Crippen MR) is 110 cm³/mol. The Kier molecular flexibility index (Phi) is 4.42. The Morgan fingerprint density at radius 2 is 1.86 bits per heavy atom. The first-order chi connectivity index (χ1) is 14.1. The fraction of sp³-hybridized carbons (Fsp3) is 0.130. The number of para-hydroxylation sites is 1. The molecule has 0 aromatic heterocycles. The highest BCUT2D eigenvalue weighted by atomic mass is 35.5. The number of hydrogen-bond acceptors (Lipinski definition) is 4. The second-order valence-corrected chi connectivity index (χ2v) is 7.36. The van der Waals surface area contributed by atoms with E-state index in [4.69, 9.17) is 21.1 Å². The number of nitrogens with one attached hydrogen (secondary N) is 1. The van der Waals surface area contributed by atoms with Crippen LogP contribution in [-0.2, 0) is 0 Å². The fourth-order valence-electron chi connectivity index (χ4n) is 3.76. The van der Waals surface area contributed by atoms with Crippen LogP contribution in [0.2, 0.25) is 5.02 Å². The third-order valence-corrected chi connectivity index (χ3v) is 5.54. The van der Waals surface area contributed by atoms with E-state index in [2.05, 4.69) is 11.5 Å². The van der Waals surface area contributed by atoms with Gasteiger partial charge in [0.2, 0.25) is 0 Å². The molecule has 6 heteroatoms. The number of benzene rings is 3. The number of halogens is 2. The van der Waals surface area contributed by atoms with E-state index in [0.29, 0.717) is 5.56 Å². The maximum absolute atomic E-state index is 14.1. The first-order valence-electron chi connectivity index (χ1n) is 9.26. The van der Waals surface area contributed by atoms with E-state index in [9.17, 15) is 4.39 Å². The van der Waals surface area contributed by atoms with Crippen molar-refractivity contribution in [3.8, 4) is 11.5 Å². The average Bonchev–Trinajstić information content (AvgIpc) is 3.21. The van der Waals surface area contributed by atoms with Crippen molar-refractivity contribution in [3.05, 3.63) is 100 Å². The standard InChI is InChI=1S/C23H18ClFN2O2/c1-28-16-9-6-14(7-10-16)20-13-21-17-4-2-3-5-22(17)29-23(27(21)26-20)15-8-11-18(24)19(25)12-15/h2-13,21,23,26H,1H3/t21-,23-/m1/s1. The van der Waals surface area contributed by atoms with E-state index in [-0.39, 0.29) is 11.1 Å². The first-order valence-corrected chi connectivity index (χ1v) is 9.63. The summed E-state index contributed by atoms with van der Waals surface area (Å²) >= 11 is 5.87. The van der Waals surface area contributed by atoms with Crippen LogP contribution in [0.15, 0.2) is 72.8 Å². The van der Waals surface area contributed by atoms with Gasteiger partial charge in [0.15, 0.2) is 6.23 Å². The molecule has 0 radical (unpaired) electrons. The van der Waals surface area contributed by atoms with Gasteiger partial charge in [-0.15, -0.1) is 0 Å². The van der Waals surface area contributed by atoms with Gasteiger partial charge in [-0.25, -0.2) is 4.39 Å². The molecule has 0 amide bonds. The first kappa shape index (κ1) is 18.0. The van der Waals surface area contributed by atoms with E-state index < -0.39 is 12.0 Å². The molecule has 4 nitrogen and oxygen atoms in total. The molecule has 0 saturated heterocycles. The van der Waals surface area contributed by atoms with Crippen LogP contribution in [0.1, 0.15) is 29.0 Å².